The summed E-state index contributed by atoms with van der Waals surface area (Å²) in [5.74, 6) is 0.0192. The van der Waals surface area contributed by atoms with Crippen LogP contribution in [0.2, 0.25) is 5.02 Å². The number of aromatic nitrogens is 4. The van der Waals surface area contributed by atoms with Gasteiger partial charge in [-0.3, -0.25) is 9.59 Å². The Bertz CT molecular complexity index is 1480. The highest BCUT2D eigenvalue weighted by Crippen LogP contribution is 2.34. The summed E-state index contributed by atoms with van der Waals surface area (Å²) in [5, 5.41) is 8.88. The quantitative estimate of drug-likeness (QED) is 0.374. The molecular weight excluding hydrogens is 490 g/mol. The molecule has 3 heterocycles. The first-order valence-electron chi connectivity index (χ1n) is 12.0. The SMILES string of the molecule is C=CC(=O)N1CCCC(n2nc(-c3ccc(CNC(=O)c4ccccc4Cl)cc3)c3c(N)ncnc32)C1. The zero-order chi connectivity index (χ0) is 25.9. The van der Waals surface area contributed by atoms with Gasteiger partial charge >= 0.3 is 0 Å². The predicted octanol–water partition coefficient (Wildman–Crippen LogP) is 4.01. The highest BCUT2D eigenvalue weighted by Gasteiger charge is 2.28. The first-order chi connectivity index (χ1) is 18.0. The monoisotopic (exact) mass is 515 g/mol. The Hall–Kier alpha value is -4.24. The van der Waals surface area contributed by atoms with E-state index in [1.165, 1.54) is 12.4 Å². The van der Waals surface area contributed by atoms with Crippen molar-refractivity contribution in [2.75, 3.05) is 18.8 Å². The second kappa shape index (κ2) is 10.4. The maximum Gasteiger partial charge on any atom is 0.253 e. The number of hydrogen-bond acceptors (Lipinski definition) is 6. The van der Waals surface area contributed by atoms with E-state index >= 15 is 0 Å². The van der Waals surface area contributed by atoms with Crippen LogP contribution in [0.1, 0.15) is 34.8 Å². The first kappa shape index (κ1) is 24.5. The van der Waals surface area contributed by atoms with Gasteiger partial charge in [0.05, 0.1) is 22.0 Å². The molecule has 1 saturated heterocycles. The largest absolute Gasteiger partial charge is 0.383 e. The molecule has 0 aliphatic carbocycles. The summed E-state index contributed by atoms with van der Waals surface area (Å²) in [6.07, 6.45) is 4.49. The van der Waals surface area contributed by atoms with Crippen molar-refractivity contribution >= 4 is 40.3 Å². The number of nitrogen functional groups attached to an aromatic ring is 1. The zero-order valence-corrected chi connectivity index (χ0v) is 20.9. The molecule has 0 radical (unpaired) electrons. The number of carbonyl (C=O) groups is 2. The Balaban J connectivity index is 1.40. The fraction of sp³-hybridized carbons (Fsp3) is 0.222. The molecule has 2 aromatic carbocycles. The number of rotatable bonds is 6. The fourth-order valence-corrected chi connectivity index (χ4v) is 4.86. The third kappa shape index (κ3) is 4.90. The Labute approximate surface area is 219 Å². The lowest BCUT2D eigenvalue weighted by Gasteiger charge is -2.32. The van der Waals surface area contributed by atoms with E-state index in [9.17, 15) is 9.59 Å². The lowest BCUT2D eigenvalue weighted by atomic mass is 10.1. The molecule has 2 amide bonds. The van der Waals surface area contributed by atoms with Gasteiger partial charge in [-0.05, 0) is 36.6 Å². The highest BCUT2D eigenvalue weighted by atomic mass is 35.5. The zero-order valence-electron chi connectivity index (χ0n) is 20.1. The van der Waals surface area contributed by atoms with Crippen LogP contribution < -0.4 is 11.1 Å². The van der Waals surface area contributed by atoms with Crippen molar-refractivity contribution in [1.82, 2.24) is 30.0 Å². The van der Waals surface area contributed by atoms with Crippen LogP contribution >= 0.6 is 11.6 Å². The maximum atomic E-state index is 12.5. The van der Waals surface area contributed by atoms with Gasteiger partial charge in [0.15, 0.2) is 5.65 Å². The van der Waals surface area contributed by atoms with E-state index in [-0.39, 0.29) is 17.9 Å². The van der Waals surface area contributed by atoms with Crippen molar-refractivity contribution < 1.29 is 9.59 Å². The summed E-state index contributed by atoms with van der Waals surface area (Å²) in [4.78, 5) is 35.1. The van der Waals surface area contributed by atoms with Gasteiger partial charge in [0.1, 0.15) is 17.8 Å². The normalized spacial score (nSPS) is 15.5. The van der Waals surface area contributed by atoms with Crippen molar-refractivity contribution in [2.45, 2.75) is 25.4 Å². The lowest BCUT2D eigenvalue weighted by molar-refractivity contribution is -0.127. The number of likely N-dealkylation sites (tertiary alicyclic amines) is 1. The fourth-order valence-electron chi connectivity index (χ4n) is 4.64. The minimum Gasteiger partial charge on any atom is -0.383 e. The summed E-state index contributed by atoms with van der Waals surface area (Å²) >= 11 is 6.12. The average Bonchev–Trinajstić information content (AvgIpc) is 3.33. The number of nitrogens with two attached hydrogens (primary N) is 1. The predicted molar refractivity (Wildman–Crippen MR) is 143 cm³/mol. The van der Waals surface area contributed by atoms with Crippen LogP contribution in [0, 0.1) is 0 Å². The molecule has 1 atom stereocenters. The first-order valence-corrected chi connectivity index (χ1v) is 12.4. The van der Waals surface area contributed by atoms with Gasteiger partial charge in [-0.15, -0.1) is 0 Å². The van der Waals surface area contributed by atoms with Gasteiger partial charge in [-0.2, -0.15) is 5.10 Å². The number of carbonyl (C=O) groups excluding carboxylic acids is 2. The van der Waals surface area contributed by atoms with Crippen LogP contribution in [0.25, 0.3) is 22.3 Å². The van der Waals surface area contributed by atoms with E-state index < -0.39 is 0 Å². The Morgan fingerprint density at radius 1 is 1.16 bits per heavy atom. The number of nitrogens with one attached hydrogen (secondary N) is 1. The van der Waals surface area contributed by atoms with Gasteiger partial charge in [0, 0.05) is 25.2 Å². The number of nitrogens with zero attached hydrogens (tertiary/aromatic N) is 5. The molecule has 0 bridgehead atoms. The molecule has 1 fully saturated rings. The molecule has 10 heteroatoms. The van der Waals surface area contributed by atoms with Crippen LogP contribution in [-0.2, 0) is 11.3 Å². The van der Waals surface area contributed by atoms with Crippen molar-refractivity contribution in [1.29, 1.82) is 0 Å². The molecule has 1 aliphatic rings. The van der Waals surface area contributed by atoms with Gasteiger partial charge in [0.25, 0.3) is 5.91 Å². The minimum absolute atomic E-state index is 0.0394. The van der Waals surface area contributed by atoms with E-state index in [1.54, 1.807) is 29.2 Å². The number of fused-ring (bicyclic) bond motifs is 1. The molecule has 2 aromatic heterocycles. The Morgan fingerprint density at radius 3 is 2.70 bits per heavy atom. The maximum absolute atomic E-state index is 12.5. The second-order valence-corrected chi connectivity index (χ2v) is 9.30. The molecule has 188 valence electrons. The lowest BCUT2D eigenvalue weighted by Crippen LogP contribution is -2.40. The number of halogens is 1. The number of benzene rings is 2. The smallest absolute Gasteiger partial charge is 0.253 e. The average molecular weight is 516 g/mol. The van der Waals surface area contributed by atoms with Crippen molar-refractivity contribution in [3.8, 4) is 11.3 Å². The molecule has 3 N–H and O–H groups in total. The minimum atomic E-state index is -0.235. The molecule has 1 aliphatic heterocycles. The van der Waals surface area contributed by atoms with Crippen LogP contribution in [-0.4, -0.2) is 49.6 Å². The third-order valence-electron chi connectivity index (χ3n) is 6.55. The molecule has 37 heavy (non-hydrogen) atoms. The summed E-state index contributed by atoms with van der Waals surface area (Å²) in [5.41, 5.74) is 9.78. The van der Waals surface area contributed by atoms with Crippen LogP contribution in [0.5, 0.6) is 0 Å². The van der Waals surface area contributed by atoms with Crippen molar-refractivity contribution in [2.24, 2.45) is 0 Å². The molecule has 9 nitrogen and oxygen atoms in total. The van der Waals surface area contributed by atoms with Gasteiger partial charge in [-0.25, -0.2) is 14.6 Å². The number of hydrogen-bond donors (Lipinski definition) is 2. The van der Waals surface area contributed by atoms with E-state index in [2.05, 4.69) is 21.9 Å². The Kier molecular flexibility index (Phi) is 6.87. The molecular formula is C27H26ClN7O2. The van der Waals surface area contributed by atoms with Gasteiger partial charge in [-0.1, -0.05) is 54.6 Å². The van der Waals surface area contributed by atoms with Gasteiger partial charge < -0.3 is 16.0 Å². The Morgan fingerprint density at radius 2 is 1.95 bits per heavy atom. The van der Waals surface area contributed by atoms with Gasteiger partial charge in [0.2, 0.25) is 5.91 Å². The summed E-state index contributed by atoms with van der Waals surface area (Å²) in [6.45, 7) is 5.17. The molecule has 4 aromatic rings. The number of anilines is 1. The molecule has 1 unspecified atom stereocenters. The molecule has 0 saturated carbocycles. The van der Waals surface area contributed by atoms with E-state index in [0.717, 1.165) is 24.0 Å². The topological polar surface area (TPSA) is 119 Å². The number of amides is 2. The van der Waals surface area contributed by atoms with Crippen molar-refractivity contribution in [3.05, 3.63) is 83.7 Å². The summed E-state index contributed by atoms with van der Waals surface area (Å²) in [7, 11) is 0. The van der Waals surface area contributed by atoms with E-state index in [0.29, 0.717) is 52.8 Å². The van der Waals surface area contributed by atoms with Crippen LogP contribution in [0.4, 0.5) is 5.82 Å². The number of piperidine rings is 1. The third-order valence-corrected chi connectivity index (χ3v) is 6.88. The molecule has 5 rings (SSSR count). The van der Waals surface area contributed by atoms with Crippen LogP contribution in [0.15, 0.2) is 67.5 Å². The summed E-state index contributed by atoms with van der Waals surface area (Å²) < 4.78 is 1.86. The van der Waals surface area contributed by atoms with E-state index in [4.69, 9.17) is 22.4 Å². The second-order valence-electron chi connectivity index (χ2n) is 8.89. The standard InChI is InChI=1S/C27H26ClN7O2/c1-2-22(36)34-13-5-6-19(15-34)35-26-23(25(29)31-16-32-26)24(33-35)18-11-9-17(10-12-18)14-30-27(37)20-7-3-4-8-21(20)28/h2-4,7-12,16,19H,1,5-6,13-15H2,(H,30,37)(H2,29,31,32). The summed E-state index contributed by atoms with van der Waals surface area (Å²) in [6, 6.07) is 14.6. The highest BCUT2D eigenvalue weighted by molar-refractivity contribution is 6.33. The molecule has 0 spiro atoms. The van der Waals surface area contributed by atoms with Crippen molar-refractivity contribution in [3.63, 3.8) is 0 Å². The van der Waals surface area contributed by atoms with E-state index in [1.807, 2.05) is 28.9 Å². The van der Waals surface area contributed by atoms with Crippen LogP contribution in [0.3, 0.4) is 0 Å².